The lowest BCUT2D eigenvalue weighted by atomic mass is 10.2. The lowest BCUT2D eigenvalue weighted by Crippen LogP contribution is -2.11. The first-order valence-corrected chi connectivity index (χ1v) is 4.14. The van der Waals surface area contributed by atoms with Crippen LogP contribution in [0.3, 0.4) is 0 Å². The van der Waals surface area contributed by atoms with Gasteiger partial charge in [0.15, 0.2) is 0 Å². The van der Waals surface area contributed by atoms with Crippen LogP contribution >= 0.6 is 11.8 Å². The van der Waals surface area contributed by atoms with Gasteiger partial charge in [0, 0.05) is 5.75 Å². The van der Waals surface area contributed by atoms with Crippen LogP contribution in [-0.4, -0.2) is 22.6 Å². The molecule has 2 nitrogen and oxygen atoms in total. The van der Waals surface area contributed by atoms with Gasteiger partial charge in [0.05, 0.1) is 5.92 Å². The van der Waals surface area contributed by atoms with E-state index >= 15 is 0 Å². The second-order valence-corrected chi connectivity index (χ2v) is 3.22. The number of thioether (sulfide) groups is 1. The van der Waals surface area contributed by atoms with Crippen molar-refractivity contribution in [3.05, 3.63) is 0 Å². The van der Waals surface area contributed by atoms with Crippen molar-refractivity contribution in [3.8, 4) is 0 Å². The molecule has 0 aromatic heterocycles. The van der Waals surface area contributed by atoms with E-state index in [0.29, 0.717) is 0 Å². The first-order valence-electron chi connectivity index (χ1n) is 2.99. The van der Waals surface area contributed by atoms with Crippen LogP contribution in [0.5, 0.6) is 0 Å². The summed E-state index contributed by atoms with van der Waals surface area (Å²) in [4.78, 5) is 10.2. The third kappa shape index (κ3) is 4.33. The molecule has 54 valence electrons. The zero-order valence-electron chi connectivity index (χ0n) is 5.76. The summed E-state index contributed by atoms with van der Waals surface area (Å²) in [5, 5.41) is 8.40. The standard InChI is InChI=1S/C6H12O2S/c1-3-9-4-5(2)6(7)8/h5H,3-4H2,1-2H3,(H,7,8)/t5-/m0/s1. The van der Waals surface area contributed by atoms with Gasteiger partial charge < -0.3 is 5.11 Å². The van der Waals surface area contributed by atoms with E-state index in [9.17, 15) is 4.79 Å². The Balaban J connectivity index is 3.27. The molecule has 0 fully saturated rings. The average Bonchev–Trinajstić information content (AvgIpc) is 1.82. The van der Waals surface area contributed by atoms with Gasteiger partial charge in [-0.05, 0) is 5.75 Å². The minimum Gasteiger partial charge on any atom is -0.481 e. The number of aliphatic carboxylic acids is 1. The van der Waals surface area contributed by atoms with Crippen LogP contribution in [0.4, 0.5) is 0 Å². The largest absolute Gasteiger partial charge is 0.481 e. The van der Waals surface area contributed by atoms with Crippen molar-refractivity contribution in [1.29, 1.82) is 0 Å². The minimum atomic E-state index is -0.698. The Morgan fingerprint density at radius 2 is 2.33 bits per heavy atom. The topological polar surface area (TPSA) is 37.3 Å². The smallest absolute Gasteiger partial charge is 0.307 e. The first-order chi connectivity index (χ1) is 4.18. The second kappa shape index (κ2) is 4.68. The molecule has 0 amide bonds. The molecule has 0 rings (SSSR count). The van der Waals surface area contributed by atoms with E-state index in [2.05, 4.69) is 0 Å². The predicted octanol–water partition coefficient (Wildman–Crippen LogP) is 1.46. The van der Waals surface area contributed by atoms with Crippen molar-refractivity contribution in [2.45, 2.75) is 13.8 Å². The number of carbonyl (C=O) groups is 1. The summed E-state index contributed by atoms with van der Waals surface area (Å²) in [7, 11) is 0. The first kappa shape index (κ1) is 8.82. The summed E-state index contributed by atoms with van der Waals surface area (Å²) in [6.45, 7) is 3.75. The molecule has 3 heteroatoms. The van der Waals surface area contributed by atoms with Gasteiger partial charge in [0.25, 0.3) is 0 Å². The summed E-state index contributed by atoms with van der Waals surface area (Å²) in [5.41, 5.74) is 0. The van der Waals surface area contributed by atoms with E-state index in [1.807, 2.05) is 6.92 Å². The summed E-state index contributed by atoms with van der Waals surface area (Å²) in [6, 6.07) is 0. The molecular weight excluding hydrogens is 136 g/mol. The van der Waals surface area contributed by atoms with Crippen LogP contribution in [0, 0.1) is 5.92 Å². The zero-order valence-corrected chi connectivity index (χ0v) is 6.57. The van der Waals surface area contributed by atoms with E-state index in [1.54, 1.807) is 18.7 Å². The Labute approximate surface area is 59.6 Å². The fraction of sp³-hybridized carbons (Fsp3) is 0.833. The number of carboxylic acid groups (broad SMARTS) is 1. The number of hydrogen-bond acceptors (Lipinski definition) is 2. The van der Waals surface area contributed by atoms with E-state index < -0.39 is 5.97 Å². The molecule has 0 spiro atoms. The minimum absolute atomic E-state index is 0.199. The summed E-state index contributed by atoms with van der Waals surface area (Å²) >= 11 is 1.66. The van der Waals surface area contributed by atoms with Gasteiger partial charge in [-0.15, -0.1) is 0 Å². The normalized spacial score (nSPS) is 13.1. The lowest BCUT2D eigenvalue weighted by molar-refractivity contribution is -0.140. The van der Waals surface area contributed by atoms with E-state index in [-0.39, 0.29) is 5.92 Å². The lowest BCUT2D eigenvalue weighted by Gasteiger charge is -2.01. The van der Waals surface area contributed by atoms with Crippen LogP contribution in [0.15, 0.2) is 0 Å². The molecule has 1 N–H and O–H groups in total. The Morgan fingerprint density at radius 1 is 1.78 bits per heavy atom. The average molecular weight is 148 g/mol. The molecule has 0 saturated carbocycles. The van der Waals surface area contributed by atoms with Crippen molar-refractivity contribution < 1.29 is 9.90 Å². The Hall–Kier alpha value is -0.180. The quantitative estimate of drug-likeness (QED) is 0.655. The van der Waals surface area contributed by atoms with Gasteiger partial charge in [-0.25, -0.2) is 0 Å². The van der Waals surface area contributed by atoms with Gasteiger partial charge in [0.1, 0.15) is 0 Å². The third-order valence-electron chi connectivity index (χ3n) is 0.994. The van der Waals surface area contributed by atoms with E-state index in [4.69, 9.17) is 5.11 Å². The van der Waals surface area contributed by atoms with Crippen molar-refractivity contribution in [2.75, 3.05) is 11.5 Å². The fourth-order valence-electron chi connectivity index (χ4n) is 0.366. The van der Waals surface area contributed by atoms with Crippen LogP contribution in [0.25, 0.3) is 0 Å². The third-order valence-corrected chi connectivity index (χ3v) is 2.14. The van der Waals surface area contributed by atoms with Crippen LogP contribution in [-0.2, 0) is 4.79 Å². The maximum absolute atomic E-state index is 10.2. The second-order valence-electron chi connectivity index (χ2n) is 1.90. The molecule has 0 aromatic carbocycles. The number of rotatable bonds is 4. The molecular formula is C6H12O2S. The number of hydrogen-bond donors (Lipinski definition) is 1. The maximum atomic E-state index is 10.2. The zero-order chi connectivity index (χ0) is 7.28. The summed E-state index contributed by atoms with van der Waals surface area (Å²) in [5.74, 6) is 0.828. The maximum Gasteiger partial charge on any atom is 0.307 e. The molecule has 1 atom stereocenters. The van der Waals surface area contributed by atoms with Gasteiger partial charge >= 0.3 is 5.97 Å². The SMILES string of the molecule is CCSC[C@H](C)C(=O)O. The van der Waals surface area contributed by atoms with Crippen molar-refractivity contribution in [3.63, 3.8) is 0 Å². The van der Waals surface area contributed by atoms with Crippen LogP contribution in [0.1, 0.15) is 13.8 Å². The van der Waals surface area contributed by atoms with Gasteiger partial charge in [0.2, 0.25) is 0 Å². The molecule has 0 aliphatic carbocycles. The van der Waals surface area contributed by atoms with Crippen molar-refractivity contribution >= 4 is 17.7 Å². The van der Waals surface area contributed by atoms with Crippen molar-refractivity contribution in [2.24, 2.45) is 5.92 Å². The van der Waals surface area contributed by atoms with Crippen molar-refractivity contribution in [1.82, 2.24) is 0 Å². The highest BCUT2D eigenvalue weighted by molar-refractivity contribution is 7.99. The molecule has 0 unspecified atom stereocenters. The highest BCUT2D eigenvalue weighted by atomic mass is 32.2. The summed E-state index contributed by atoms with van der Waals surface area (Å²) in [6.07, 6.45) is 0. The van der Waals surface area contributed by atoms with Gasteiger partial charge in [-0.1, -0.05) is 13.8 Å². The molecule has 0 aromatic rings. The molecule has 0 saturated heterocycles. The molecule has 0 radical (unpaired) electrons. The molecule has 0 aliphatic heterocycles. The van der Waals surface area contributed by atoms with Gasteiger partial charge in [-0.2, -0.15) is 11.8 Å². The van der Waals surface area contributed by atoms with Crippen LogP contribution < -0.4 is 0 Å². The van der Waals surface area contributed by atoms with Crippen LogP contribution in [0.2, 0.25) is 0 Å². The Kier molecular flexibility index (Phi) is 4.58. The molecule has 0 heterocycles. The molecule has 0 bridgehead atoms. The Morgan fingerprint density at radius 3 is 2.67 bits per heavy atom. The highest BCUT2D eigenvalue weighted by Crippen LogP contribution is 2.06. The van der Waals surface area contributed by atoms with E-state index in [1.165, 1.54) is 0 Å². The van der Waals surface area contributed by atoms with E-state index in [0.717, 1.165) is 11.5 Å². The molecule has 0 aliphatic rings. The summed E-state index contributed by atoms with van der Waals surface area (Å²) < 4.78 is 0. The monoisotopic (exact) mass is 148 g/mol. The van der Waals surface area contributed by atoms with Gasteiger partial charge in [-0.3, -0.25) is 4.79 Å². The molecule has 9 heavy (non-hydrogen) atoms. The number of carboxylic acids is 1. The predicted molar refractivity (Wildman–Crippen MR) is 39.8 cm³/mol. The fourth-order valence-corrected chi connectivity index (χ4v) is 1.10. The highest BCUT2D eigenvalue weighted by Gasteiger charge is 2.08. The Bertz CT molecular complexity index is 93.1.